The van der Waals surface area contributed by atoms with Crippen molar-refractivity contribution in [2.24, 2.45) is 7.05 Å². The van der Waals surface area contributed by atoms with Crippen LogP contribution in [-0.2, 0) is 22.8 Å². The largest absolute Gasteiger partial charge is 0.481 e. The predicted octanol–water partition coefficient (Wildman–Crippen LogP) is 2.51. The molecule has 1 N–H and O–H groups in total. The number of benzene rings is 1. The van der Waals surface area contributed by atoms with Gasteiger partial charge in [-0.1, -0.05) is 0 Å². The molecule has 2 heterocycles. The fraction of sp³-hybridized carbons (Fsp3) is 0.412. The first-order valence-electron chi connectivity index (χ1n) is 7.95. The van der Waals surface area contributed by atoms with Crippen LogP contribution >= 0.6 is 0 Å². The van der Waals surface area contributed by atoms with Crippen molar-refractivity contribution in [1.82, 2.24) is 9.47 Å². The molecule has 0 saturated carbocycles. The molecule has 0 bridgehead atoms. The number of carbonyl (C=O) groups is 2. The van der Waals surface area contributed by atoms with Gasteiger partial charge in [0.05, 0.1) is 31.2 Å². The van der Waals surface area contributed by atoms with Crippen LogP contribution in [0.1, 0.15) is 22.5 Å². The van der Waals surface area contributed by atoms with Gasteiger partial charge in [0.15, 0.2) is 0 Å². The van der Waals surface area contributed by atoms with Crippen molar-refractivity contribution in [2.45, 2.75) is 18.6 Å². The van der Waals surface area contributed by atoms with Crippen molar-refractivity contribution < 1.29 is 32.6 Å². The number of carbonyl (C=O) groups excluding carboxylic acids is 1. The Balaban J connectivity index is 1.97. The van der Waals surface area contributed by atoms with Crippen LogP contribution in [0.3, 0.4) is 0 Å². The van der Waals surface area contributed by atoms with Crippen molar-refractivity contribution in [2.75, 3.05) is 19.8 Å². The van der Waals surface area contributed by atoms with Crippen molar-refractivity contribution in [3.63, 3.8) is 0 Å². The third-order valence-corrected chi connectivity index (χ3v) is 4.49. The van der Waals surface area contributed by atoms with E-state index in [1.54, 1.807) is 7.05 Å². The van der Waals surface area contributed by atoms with Gasteiger partial charge in [0.1, 0.15) is 5.69 Å². The van der Waals surface area contributed by atoms with Gasteiger partial charge < -0.3 is 19.3 Å². The normalized spacial score (nSPS) is 18.3. The van der Waals surface area contributed by atoms with E-state index in [4.69, 9.17) is 9.84 Å². The number of ether oxygens (including phenoxy) is 1. The molecule has 9 heteroatoms. The van der Waals surface area contributed by atoms with E-state index < -0.39 is 29.7 Å². The van der Waals surface area contributed by atoms with E-state index in [-0.39, 0.29) is 31.9 Å². The molecule has 3 rings (SSSR count). The summed E-state index contributed by atoms with van der Waals surface area (Å²) >= 11 is 0. The molecule has 1 saturated heterocycles. The minimum absolute atomic E-state index is 0.111. The molecule has 0 spiro atoms. The minimum atomic E-state index is -4.47. The van der Waals surface area contributed by atoms with Gasteiger partial charge in [-0.2, -0.15) is 13.2 Å². The molecule has 1 aliphatic heterocycles. The molecule has 2 aromatic rings. The number of hydrogen-bond donors (Lipinski definition) is 1. The number of aliphatic carboxylic acids is 1. The summed E-state index contributed by atoms with van der Waals surface area (Å²) in [4.78, 5) is 25.3. The number of aryl methyl sites for hydroxylation is 1. The quantitative estimate of drug-likeness (QED) is 0.901. The number of alkyl halides is 3. The molecule has 26 heavy (non-hydrogen) atoms. The van der Waals surface area contributed by atoms with Crippen LogP contribution in [-0.4, -0.2) is 52.3 Å². The number of nitrogens with zero attached hydrogens (tertiary/aromatic N) is 2. The summed E-state index contributed by atoms with van der Waals surface area (Å²) in [5, 5.41) is 9.31. The number of carboxylic acid groups (broad SMARTS) is 1. The molecule has 1 unspecified atom stereocenters. The average Bonchev–Trinajstić information content (AvgIpc) is 2.90. The molecular formula is C17H17F3N2O4. The number of aromatic nitrogens is 1. The van der Waals surface area contributed by atoms with Crippen LogP contribution in [0.25, 0.3) is 10.9 Å². The Morgan fingerprint density at radius 1 is 1.31 bits per heavy atom. The van der Waals surface area contributed by atoms with Crippen molar-refractivity contribution in [1.29, 1.82) is 0 Å². The Morgan fingerprint density at radius 2 is 2.04 bits per heavy atom. The first-order chi connectivity index (χ1) is 12.2. The Bertz CT molecular complexity index is 860. The highest BCUT2D eigenvalue weighted by molar-refractivity contribution is 5.99. The number of carboxylic acids is 1. The van der Waals surface area contributed by atoms with Gasteiger partial charge in [0.2, 0.25) is 0 Å². The molecule has 1 aliphatic rings. The number of morpholine rings is 1. The fourth-order valence-corrected chi connectivity index (χ4v) is 3.17. The third-order valence-electron chi connectivity index (χ3n) is 4.49. The second-order valence-electron chi connectivity index (χ2n) is 6.19. The topological polar surface area (TPSA) is 71.8 Å². The van der Waals surface area contributed by atoms with E-state index in [0.29, 0.717) is 10.9 Å². The maximum Gasteiger partial charge on any atom is 0.416 e. The summed E-state index contributed by atoms with van der Waals surface area (Å²) in [6, 6.07) is 4.08. The summed E-state index contributed by atoms with van der Waals surface area (Å²) in [5.41, 5.74) is -0.0919. The molecule has 6 nitrogen and oxygen atoms in total. The highest BCUT2D eigenvalue weighted by Gasteiger charge is 2.33. The predicted molar refractivity (Wildman–Crippen MR) is 85.8 cm³/mol. The van der Waals surface area contributed by atoms with Crippen LogP contribution in [0.5, 0.6) is 0 Å². The minimum Gasteiger partial charge on any atom is -0.481 e. The molecule has 0 radical (unpaired) electrons. The molecular weight excluding hydrogens is 353 g/mol. The zero-order valence-corrected chi connectivity index (χ0v) is 13.9. The second kappa shape index (κ2) is 6.64. The van der Waals surface area contributed by atoms with Crippen molar-refractivity contribution in [3.05, 3.63) is 35.5 Å². The van der Waals surface area contributed by atoms with Gasteiger partial charge in [-0.05, 0) is 24.3 Å². The van der Waals surface area contributed by atoms with Gasteiger partial charge in [0.25, 0.3) is 5.91 Å². The number of amides is 1. The Kier molecular flexibility index (Phi) is 4.66. The fourth-order valence-electron chi connectivity index (χ4n) is 3.17. The Hall–Kier alpha value is -2.55. The molecule has 0 aliphatic carbocycles. The molecule has 1 aromatic heterocycles. The van der Waals surface area contributed by atoms with Gasteiger partial charge in [-0.15, -0.1) is 0 Å². The Labute approximate surface area is 146 Å². The van der Waals surface area contributed by atoms with Crippen molar-refractivity contribution >= 4 is 22.8 Å². The monoisotopic (exact) mass is 370 g/mol. The lowest BCUT2D eigenvalue weighted by Crippen LogP contribution is -2.49. The van der Waals surface area contributed by atoms with E-state index in [0.717, 1.165) is 12.1 Å². The van der Waals surface area contributed by atoms with E-state index in [9.17, 15) is 22.8 Å². The summed E-state index contributed by atoms with van der Waals surface area (Å²) in [6.45, 7) is 0.621. The SMILES string of the molecule is Cn1c(C(=O)N2CCOCC2CC(=O)O)cc2cc(C(F)(F)F)ccc21. The lowest BCUT2D eigenvalue weighted by Gasteiger charge is -2.34. The van der Waals surface area contributed by atoms with Crippen LogP contribution in [0.2, 0.25) is 0 Å². The summed E-state index contributed by atoms with van der Waals surface area (Å²) in [7, 11) is 1.59. The van der Waals surface area contributed by atoms with E-state index in [1.807, 2.05) is 0 Å². The van der Waals surface area contributed by atoms with Gasteiger partial charge in [-0.3, -0.25) is 9.59 Å². The maximum absolute atomic E-state index is 12.9. The molecule has 1 aromatic carbocycles. The lowest BCUT2D eigenvalue weighted by atomic mass is 10.1. The zero-order valence-electron chi connectivity index (χ0n) is 13.9. The van der Waals surface area contributed by atoms with Crippen LogP contribution in [0.15, 0.2) is 24.3 Å². The third kappa shape index (κ3) is 3.39. The van der Waals surface area contributed by atoms with E-state index in [1.165, 1.54) is 21.6 Å². The van der Waals surface area contributed by atoms with Gasteiger partial charge in [-0.25, -0.2) is 0 Å². The van der Waals surface area contributed by atoms with Crippen LogP contribution in [0, 0.1) is 0 Å². The lowest BCUT2D eigenvalue weighted by molar-refractivity contribution is -0.139. The highest BCUT2D eigenvalue weighted by Crippen LogP contribution is 2.32. The van der Waals surface area contributed by atoms with Gasteiger partial charge >= 0.3 is 12.1 Å². The van der Waals surface area contributed by atoms with Crippen LogP contribution < -0.4 is 0 Å². The smallest absolute Gasteiger partial charge is 0.416 e. The molecule has 1 amide bonds. The standard InChI is InChI=1S/C17H17F3N2O4/c1-21-13-3-2-11(17(18,19)20)6-10(13)7-14(21)16(25)22-4-5-26-9-12(22)8-15(23)24/h2-3,6-7,12H,4-5,8-9H2,1H3,(H,23,24). The number of fused-ring (bicyclic) bond motifs is 1. The van der Waals surface area contributed by atoms with E-state index >= 15 is 0 Å². The molecule has 1 atom stereocenters. The number of rotatable bonds is 3. The molecule has 1 fully saturated rings. The second-order valence-corrected chi connectivity index (χ2v) is 6.19. The number of halogens is 3. The van der Waals surface area contributed by atoms with E-state index in [2.05, 4.69) is 0 Å². The van der Waals surface area contributed by atoms with Crippen LogP contribution in [0.4, 0.5) is 13.2 Å². The Morgan fingerprint density at radius 3 is 2.69 bits per heavy atom. The summed E-state index contributed by atoms with van der Waals surface area (Å²) in [6.07, 6.45) is -4.72. The average molecular weight is 370 g/mol. The maximum atomic E-state index is 12.9. The molecule has 140 valence electrons. The number of hydrogen-bond acceptors (Lipinski definition) is 3. The first-order valence-corrected chi connectivity index (χ1v) is 7.95. The van der Waals surface area contributed by atoms with Crippen molar-refractivity contribution in [3.8, 4) is 0 Å². The first kappa shape index (κ1) is 18.2. The summed E-state index contributed by atoms with van der Waals surface area (Å²) in [5.74, 6) is -1.48. The zero-order chi connectivity index (χ0) is 19.1. The van der Waals surface area contributed by atoms with Gasteiger partial charge in [0, 0.05) is 24.5 Å². The highest BCUT2D eigenvalue weighted by atomic mass is 19.4. The summed E-state index contributed by atoms with van der Waals surface area (Å²) < 4.78 is 45.5.